The second-order valence-electron chi connectivity index (χ2n) is 10.3. The summed E-state index contributed by atoms with van der Waals surface area (Å²) >= 11 is 0. The number of hydrogen-bond acceptors (Lipinski definition) is 6. The summed E-state index contributed by atoms with van der Waals surface area (Å²) in [5, 5.41) is 0. The van der Waals surface area contributed by atoms with Crippen molar-refractivity contribution in [2.24, 2.45) is 0 Å². The van der Waals surface area contributed by atoms with Gasteiger partial charge in [0.1, 0.15) is 11.5 Å². The van der Waals surface area contributed by atoms with Crippen LogP contribution in [-0.4, -0.2) is 40.4 Å². The van der Waals surface area contributed by atoms with Gasteiger partial charge >= 0.3 is 0 Å². The predicted octanol–water partition coefficient (Wildman–Crippen LogP) is 6.80. The first-order valence-corrected chi connectivity index (χ1v) is 13.8. The second-order valence-corrected chi connectivity index (χ2v) is 10.3. The Morgan fingerprint density at radius 1 is 0.400 bits per heavy atom. The summed E-state index contributed by atoms with van der Waals surface area (Å²) < 4.78 is 10.9. The SMILES string of the molecule is COc1ccc(N2CCN(c3ccc(C)cc3)/C2=C2\N(c3ccc(C)cc3)CCN2c2ccc(OC)cc2)cc1. The molecule has 0 amide bonds. The van der Waals surface area contributed by atoms with Gasteiger partial charge in [0, 0.05) is 48.9 Å². The van der Waals surface area contributed by atoms with Gasteiger partial charge < -0.3 is 29.1 Å². The van der Waals surface area contributed by atoms with Crippen molar-refractivity contribution in [3.8, 4) is 11.5 Å². The van der Waals surface area contributed by atoms with Gasteiger partial charge in [-0.05, 0) is 86.6 Å². The van der Waals surface area contributed by atoms with Crippen molar-refractivity contribution in [2.45, 2.75) is 13.8 Å². The lowest BCUT2D eigenvalue weighted by Gasteiger charge is -2.34. The van der Waals surface area contributed by atoms with Gasteiger partial charge in [0.25, 0.3) is 0 Å². The minimum absolute atomic E-state index is 0.856. The number of aryl methyl sites for hydroxylation is 2. The Hall–Kier alpha value is -4.58. The van der Waals surface area contributed by atoms with Gasteiger partial charge in [0.2, 0.25) is 0 Å². The molecule has 0 bridgehead atoms. The van der Waals surface area contributed by atoms with Crippen LogP contribution in [0.1, 0.15) is 11.1 Å². The average Bonchev–Trinajstić information content (AvgIpc) is 3.63. The number of rotatable bonds is 6. The zero-order chi connectivity index (χ0) is 27.6. The third-order valence-corrected chi connectivity index (χ3v) is 7.78. The minimum atomic E-state index is 0.856. The van der Waals surface area contributed by atoms with Gasteiger partial charge in [-0.3, -0.25) is 0 Å². The van der Waals surface area contributed by atoms with Crippen LogP contribution >= 0.6 is 0 Å². The van der Waals surface area contributed by atoms with Crippen LogP contribution in [0.5, 0.6) is 11.5 Å². The Balaban J connectivity index is 1.56. The topological polar surface area (TPSA) is 31.4 Å². The molecule has 0 unspecified atom stereocenters. The first kappa shape index (κ1) is 25.7. The van der Waals surface area contributed by atoms with Crippen LogP contribution in [-0.2, 0) is 0 Å². The van der Waals surface area contributed by atoms with Crippen LogP contribution in [0.25, 0.3) is 0 Å². The smallest absolute Gasteiger partial charge is 0.156 e. The molecule has 0 aliphatic carbocycles. The van der Waals surface area contributed by atoms with Gasteiger partial charge in [0.15, 0.2) is 11.6 Å². The molecule has 0 N–H and O–H groups in total. The summed E-state index contributed by atoms with van der Waals surface area (Å²) in [6.07, 6.45) is 0. The van der Waals surface area contributed by atoms with E-state index in [1.807, 2.05) is 24.3 Å². The van der Waals surface area contributed by atoms with E-state index in [9.17, 15) is 0 Å². The van der Waals surface area contributed by atoms with E-state index in [0.29, 0.717) is 0 Å². The van der Waals surface area contributed by atoms with E-state index in [1.54, 1.807) is 14.2 Å². The van der Waals surface area contributed by atoms with Crippen LogP contribution in [0.2, 0.25) is 0 Å². The molecule has 4 aromatic carbocycles. The van der Waals surface area contributed by atoms with Crippen molar-refractivity contribution in [2.75, 3.05) is 60.0 Å². The fourth-order valence-electron chi connectivity index (χ4n) is 5.58. The van der Waals surface area contributed by atoms with Crippen LogP contribution < -0.4 is 29.1 Å². The fraction of sp³-hybridized carbons (Fsp3) is 0.235. The molecular weight excluding hydrogens is 496 g/mol. The number of nitrogens with zero attached hydrogens (tertiary/aromatic N) is 4. The molecule has 0 aromatic heterocycles. The highest BCUT2D eigenvalue weighted by Gasteiger charge is 2.38. The van der Waals surface area contributed by atoms with E-state index in [4.69, 9.17) is 9.47 Å². The van der Waals surface area contributed by atoms with Crippen LogP contribution in [0.3, 0.4) is 0 Å². The summed E-state index contributed by atoms with van der Waals surface area (Å²) in [5.41, 5.74) is 7.17. The van der Waals surface area contributed by atoms with E-state index in [1.165, 1.54) is 34.1 Å². The lowest BCUT2D eigenvalue weighted by atomic mass is 10.2. The zero-order valence-electron chi connectivity index (χ0n) is 23.7. The summed E-state index contributed by atoms with van der Waals surface area (Å²) in [5.74, 6) is 4.05. The number of benzene rings is 4. The Kier molecular flexibility index (Phi) is 6.99. The molecule has 6 heteroatoms. The molecule has 0 saturated carbocycles. The molecule has 40 heavy (non-hydrogen) atoms. The normalized spacial score (nSPS) is 17.1. The number of hydrogen-bond donors (Lipinski definition) is 0. The van der Waals surface area contributed by atoms with Gasteiger partial charge in [0.05, 0.1) is 14.2 Å². The van der Waals surface area contributed by atoms with Gasteiger partial charge in [-0.15, -0.1) is 0 Å². The Morgan fingerprint density at radius 2 is 0.650 bits per heavy atom. The third-order valence-electron chi connectivity index (χ3n) is 7.78. The van der Waals surface area contributed by atoms with Crippen molar-refractivity contribution in [1.82, 2.24) is 0 Å². The molecule has 4 aromatic rings. The average molecular weight is 533 g/mol. The van der Waals surface area contributed by atoms with Crippen LogP contribution in [0.4, 0.5) is 22.7 Å². The van der Waals surface area contributed by atoms with Gasteiger partial charge in [-0.2, -0.15) is 0 Å². The summed E-state index contributed by atoms with van der Waals surface area (Å²) in [6.45, 7) is 7.78. The molecule has 0 atom stereocenters. The molecule has 0 spiro atoms. The Bertz CT molecular complexity index is 1360. The van der Waals surface area contributed by atoms with Crippen molar-refractivity contribution in [3.05, 3.63) is 120 Å². The van der Waals surface area contributed by atoms with Crippen molar-refractivity contribution < 1.29 is 9.47 Å². The molecule has 204 valence electrons. The summed E-state index contributed by atoms with van der Waals surface area (Å²) in [4.78, 5) is 9.80. The molecule has 6 nitrogen and oxygen atoms in total. The third kappa shape index (κ3) is 4.81. The quantitative estimate of drug-likeness (QED) is 0.272. The maximum Gasteiger partial charge on any atom is 0.156 e. The lowest BCUT2D eigenvalue weighted by Crippen LogP contribution is -2.34. The van der Waals surface area contributed by atoms with Crippen molar-refractivity contribution >= 4 is 22.7 Å². The second kappa shape index (κ2) is 10.9. The molecule has 2 aliphatic rings. The zero-order valence-corrected chi connectivity index (χ0v) is 23.7. The van der Waals surface area contributed by atoms with Crippen molar-refractivity contribution in [3.63, 3.8) is 0 Å². The van der Waals surface area contributed by atoms with Gasteiger partial charge in [-0.25, -0.2) is 0 Å². The standard InChI is InChI=1S/C34H36N4O2/c1-25-5-9-27(10-6-25)35-21-23-37(29-13-17-31(39-3)18-14-29)33(35)34-36(28-11-7-26(2)8-12-28)22-24-38(34)30-15-19-32(40-4)20-16-30/h5-20H,21-24H2,1-4H3/b34-33-. The maximum atomic E-state index is 5.47. The fourth-order valence-corrected chi connectivity index (χ4v) is 5.58. The molecule has 2 saturated heterocycles. The monoisotopic (exact) mass is 532 g/mol. The first-order chi connectivity index (χ1) is 19.6. The number of methoxy groups -OCH3 is 2. The molecule has 2 aliphatic heterocycles. The molecule has 2 heterocycles. The van der Waals surface area contributed by atoms with Gasteiger partial charge in [-0.1, -0.05) is 35.4 Å². The summed E-state index contributed by atoms with van der Waals surface area (Å²) in [6, 6.07) is 34.5. The van der Waals surface area contributed by atoms with E-state index in [-0.39, 0.29) is 0 Å². The van der Waals surface area contributed by atoms with E-state index in [0.717, 1.165) is 49.1 Å². The first-order valence-electron chi connectivity index (χ1n) is 13.8. The van der Waals surface area contributed by atoms with E-state index >= 15 is 0 Å². The number of anilines is 4. The minimum Gasteiger partial charge on any atom is -0.497 e. The number of ether oxygens (including phenoxy) is 2. The molecular formula is C34H36N4O2. The molecule has 2 fully saturated rings. The van der Waals surface area contributed by atoms with E-state index < -0.39 is 0 Å². The summed E-state index contributed by atoms with van der Waals surface area (Å²) in [7, 11) is 3.42. The van der Waals surface area contributed by atoms with Crippen LogP contribution in [0.15, 0.2) is 109 Å². The van der Waals surface area contributed by atoms with Crippen molar-refractivity contribution in [1.29, 1.82) is 0 Å². The maximum absolute atomic E-state index is 5.47. The largest absolute Gasteiger partial charge is 0.497 e. The highest BCUT2D eigenvalue weighted by atomic mass is 16.5. The van der Waals surface area contributed by atoms with E-state index in [2.05, 4.69) is 106 Å². The Labute approximate surface area is 237 Å². The predicted molar refractivity (Wildman–Crippen MR) is 165 cm³/mol. The van der Waals surface area contributed by atoms with Crippen LogP contribution in [0, 0.1) is 13.8 Å². The Morgan fingerprint density at radius 3 is 0.900 bits per heavy atom. The highest BCUT2D eigenvalue weighted by molar-refractivity contribution is 5.73. The highest BCUT2D eigenvalue weighted by Crippen LogP contribution is 2.40. The molecule has 0 radical (unpaired) electrons. The molecule has 6 rings (SSSR count). The lowest BCUT2D eigenvalue weighted by molar-refractivity contribution is 0.414.